The number of fused-ring (bicyclic) bond motifs is 1. The highest BCUT2D eigenvalue weighted by Gasteiger charge is 2.27. The highest BCUT2D eigenvalue weighted by atomic mass is 16.3. The van der Waals surface area contributed by atoms with Gasteiger partial charge in [-0.3, -0.25) is 19.1 Å². The number of furan rings is 1. The van der Waals surface area contributed by atoms with E-state index in [1.165, 1.54) is 6.26 Å². The Labute approximate surface area is 163 Å². The number of benzene rings is 1. The molecule has 1 fully saturated rings. The molecular weight excluding hydrogens is 356 g/mol. The lowest BCUT2D eigenvalue weighted by molar-refractivity contribution is -0.120. The third-order valence-corrected chi connectivity index (χ3v) is 5.27. The highest BCUT2D eigenvalue weighted by Crippen LogP contribution is 2.25. The van der Waals surface area contributed by atoms with E-state index in [2.05, 4.69) is 17.1 Å². The van der Waals surface area contributed by atoms with Crippen molar-refractivity contribution in [2.24, 2.45) is 0 Å². The van der Waals surface area contributed by atoms with Gasteiger partial charge in [-0.1, -0.05) is 37.3 Å². The van der Waals surface area contributed by atoms with Gasteiger partial charge in [0.1, 0.15) is 11.2 Å². The number of carbonyl (C=O) groups is 1. The average Bonchev–Trinajstić information content (AvgIpc) is 3.08. The van der Waals surface area contributed by atoms with E-state index in [0.717, 1.165) is 18.5 Å². The van der Waals surface area contributed by atoms with Gasteiger partial charge in [-0.25, -0.2) is 0 Å². The molecule has 1 saturated heterocycles. The molecule has 3 aromatic rings. The van der Waals surface area contributed by atoms with Gasteiger partial charge in [-0.05, 0) is 18.1 Å². The van der Waals surface area contributed by atoms with Crippen LogP contribution in [0.5, 0.6) is 0 Å². The van der Waals surface area contributed by atoms with E-state index in [9.17, 15) is 9.59 Å². The number of nitrogens with zero attached hydrogens (tertiary/aromatic N) is 3. The Morgan fingerprint density at radius 3 is 2.79 bits per heavy atom. The van der Waals surface area contributed by atoms with Crippen LogP contribution in [0, 0.1) is 0 Å². The van der Waals surface area contributed by atoms with Crippen molar-refractivity contribution in [2.45, 2.75) is 32.4 Å². The first-order valence-electron chi connectivity index (χ1n) is 9.70. The molecule has 0 aliphatic carbocycles. The Bertz CT molecular complexity index is 1030. The van der Waals surface area contributed by atoms with Crippen LogP contribution in [0.3, 0.4) is 0 Å². The molecule has 1 amide bonds. The summed E-state index contributed by atoms with van der Waals surface area (Å²) in [5.74, 6) is 0.752. The lowest BCUT2D eigenvalue weighted by Crippen LogP contribution is -2.37. The zero-order chi connectivity index (χ0) is 19.5. The van der Waals surface area contributed by atoms with Crippen LogP contribution in [0.2, 0.25) is 0 Å². The normalized spacial score (nSPS) is 16.7. The Hall–Kier alpha value is -2.93. The van der Waals surface area contributed by atoms with E-state index in [4.69, 9.17) is 9.40 Å². The van der Waals surface area contributed by atoms with Crippen LogP contribution in [-0.2, 0) is 11.3 Å². The van der Waals surface area contributed by atoms with Gasteiger partial charge in [0.2, 0.25) is 11.6 Å². The SMILES string of the molecule is CCC(c1nc2occc2c(=O)n1Cc1ccccc1)N1CCNC(=O)CC1. The molecule has 1 atom stereocenters. The first-order chi connectivity index (χ1) is 13.7. The van der Waals surface area contributed by atoms with Crippen molar-refractivity contribution in [3.8, 4) is 0 Å². The molecule has 7 heteroatoms. The van der Waals surface area contributed by atoms with Gasteiger partial charge < -0.3 is 9.73 Å². The van der Waals surface area contributed by atoms with Crippen LogP contribution >= 0.6 is 0 Å². The van der Waals surface area contributed by atoms with Crippen molar-refractivity contribution < 1.29 is 9.21 Å². The van der Waals surface area contributed by atoms with Crippen molar-refractivity contribution in [1.82, 2.24) is 19.8 Å². The highest BCUT2D eigenvalue weighted by molar-refractivity contribution is 5.76. The molecule has 2 aromatic heterocycles. The van der Waals surface area contributed by atoms with Crippen LogP contribution in [0.1, 0.15) is 37.2 Å². The summed E-state index contributed by atoms with van der Waals surface area (Å²) in [6.07, 6.45) is 2.73. The summed E-state index contributed by atoms with van der Waals surface area (Å²) in [7, 11) is 0. The van der Waals surface area contributed by atoms with Crippen LogP contribution in [0.15, 0.2) is 51.9 Å². The van der Waals surface area contributed by atoms with Crippen LogP contribution in [0.4, 0.5) is 0 Å². The molecule has 1 aromatic carbocycles. The second-order valence-electron chi connectivity index (χ2n) is 7.05. The molecule has 0 radical (unpaired) electrons. The second kappa shape index (κ2) is 7.98. The summed E-state index contributed by atoms with van der Waals surface area (Å²) in [6, 6.07) is 11.5. The third kappa shape index (κ3) is 3.57. The van der Waals surface area contributed by atoms with E-state index in [1.54, 1.807) is 10.6 Å². The van der Waals surface area contributed by atoms with E-state index in [-0.39, 0.29) is 17.5 Å². The maximum Gasteiger partial charge on any atom is 0.265 e. The predicted octanol–water partition coefficient (Wildman–Crippen LogP) is 2.31. The summed E-state index contributed by atoms with van der Waals surface area (Å²) in [5.41, 5.74) is 1.31. The lowest BCUT2D eigenvalue weighted by atomic mass is 10.1. The van der Waals surface area contributed by atoms with Crippen LogP contribution in [0.25, 0.3) is 11.1 Å². The predicted molar refractivity (Wildman–Crippen MR) is 106 cm³/mol. The minimum Gasteiger partial charge on any atom is -0.446 e. The summed E-state index contributed by atoms with van der Waals surface area (Å²) in [5, 5.41) is 3.40. The minimum absolute atomic E-state index is 0.0634. The fourth-order valence-electron chi connectivity index (χ4n) is 3.84. The fourth-order valence-corrected chi connectivity index (χ4v) is 3.84. The van der Waals surface area contributed by atoms with Crippen molar-refractivity contribution >= 4 is 17.0 Å². The van der Waals surface area contributed by atoms with Gasteiger partial charge in [-0.2, -0.15) is 4.98 Å². The van der Waals surface area contributed by atoms with E-state index in [1.807, 2.05) is 30.3 Å². The molecular formula is C21H24N4O3. The number of nitrogens with one attached hydrogen (secondary N) is 1. The molecule has 28 heavy (non-hydrogen) atoms. The van der Waals surface area contributed by atoms with E-state index >= 15 is 0 Å². The number of aromatic nitrogens is 2. The first kappa shape index (κ1) is 18.4. The standard InChI is InChI=1S/C21H24N4O3/c1-2-17(24-11-8-18(26)22-10-12-24)19-23-20-16(9-13-28-20)21(27)25(19)14-15-6-4-3-5-7-15/h3-7,9,13,17H,2,8,10-12,14H2,1H3,(H,22,26). The molecule has 1 aliphatic rings. The molecule has 146 valence electrons. The monoisotopic (exact) mass is 380 g/mol. The van der Waals surface area contributed by atoms with Gasteiger partial charge in [-0.15, -0.1) is 0 Å². The number of hydrogen-bond acceptors (Lipinski definition) is 5. The number of carbonyl (C=O) groups excluding carboxylic acids is 1. The Morgan fingerprint density at radius 1 is 1.18 bits per heavy atom. The molecule has 7 nitrogen and oxygen atoms in total. The van der Waals surface area contributed by atoms with E-state index in [0.29, 0.717) is 43.0 Å². The molecule has 0 bridgehead atoms. The number of rotatable bonds is 5. The van der Waals surface area contributed by atoms with Crippen molar-refractivity contribution in [1.29, 1.82) is 0 Å². The largest absolute Gasteiger partial charge is 0.446 e. The lowest BCUT2D eigenvalue weighted by Gasteiger charge is -2.30. The molecule has 4 rings (SSSR count). The fraction of sp³-hybridized carbons (Fsp3) is 0.381. The molecule has 0 saturated carbocycles. The van der Waals surface area contributed by atoms with Gasteiger partial charge >= 0.3 is 0 Å². The Morgan fingerprint density at radius 2 is 2.00 bits per heavy atom. The van der Waals surface area contributed by atoms with Crippen LogP contribution < -0.4 is 10.9 Å². The second-order valence-corrected chi connectivity index (χ2v) is 7.05. The average molecular weight is 380 g/mol. The quantitative estimate of drug-likeness (QED) is 0.735. The maximum atomic E-state index is 13.2. The molecule has 1 aliphatic heterocycles. The third-order valence-electron chi connectivity index (χ3n) is 5.27. The zero-order valence-electron chi connectivity index (χ0n) is 15.9. The van der Waals surface area contributed by atoms with E-state index < -0.39 is 0 Å². The molecule has 3 heterocycles. The van der Waals surface area contributed by atoms with Crippen molar-refractivity contribution in [3.05, 3.63) is 64.4 Å². The molecule has 1 unspecified atom stereocenters. The minimum atomic E-state index is -0.0972. The van der Waals surface area contributed by atoms with Gasteiger partial charge in [0.05, 0.1) is 18.8 Å². The van der Waals surface area contributed by atoms with Gasteiger partial charge in [0.25, 0.3) is 5.56 Å². The summed E-state index contributed by atoms with van der Waals surface area (Å²) >= 11 is 0. The number of hydrogen-bond donors (Lipinski definition) is 1. The molecule has 1 N–H and O–H groups in total. The summed E-state index contributed by atoms with van der Waals surface area (Å²) < 4.78 is 7.21. The topological polar surface area (TPSA) is 80.4 Å². The van der Waals surface area contributed by atoms with Crippen LogP contribution in [-0.4, -0.2) is 40.0 Å². The zero-order valence-corrected chi connectivity index (χ0v) is 15.9. The molecule has 0 spiro atoms. The van der Waals surface area contributed by atoms with Crippen molar-refractivity contribution in [2.75, 3.05) is 19.6 Å². The maximum absolute atomic E-state index is 13.2. The number of amides is 1. The van der Waals surface area contributed by atoms with Crippen molar-refractivity contribution in [3.63, 3.8) is 0 Å². The summed E-state index contributed by atoms with van der Waals surface area (Å²) in [4.78, 5) is 31.9. The Kier molecular flexibility index (Phi) is 5.25. The van der Waals surface area contributed by atoms with Gasteiger partial charge in [0.15, 0.2) is 0 Å². The van der Waals surface area contributed by atoms with Gasteiger partial charge in [0, 0.05) is 26.1 Å². The summed E-state index contributed by atoms with van der Waals surface area (Å²) in [6.45, 7) is 4.49. The smallest absolute Gasteiger partial charge is 0.265 e. The Balaban J connectivity index is 1.80. The first-order valence-corrected chi connectivity index (χ1v) is 9.70.